The minimum absolute atomic E-state index is 0.234. The van der Waals surface area contributed by atoms with Crippen LogP contribution >= 0.6 is 0 Å². The van der Waals surface area contributed by atoms with Crippen molar-refractivity contribution >= 4 is 22.3 Å². The van der Waals surface area contributed by atoms with Gasteiger partial charge in [0.2, 0.25) is 0 Å². The number of hydrogen-bond acceptors (Lipinski definition) is 2. The van der Waals surface area contributed by atoms with Crippen LogP contribution in [-0.4, -0.2) is 11.6 Å². The molecule has 0 saturated carbocycles. The monoisotopic (exact) mass is 400 g/mol. The molecule has 0 aliphatic heterocycles. The summed E-state index contributed by atoms with van der Waals surface area (Å²) in [6, 6.07) is 18.1. The molecular weight excluding hydrogens is 382 g/mol. The maximum Gasteiger partial charge on any atom is 0.193 e. The zero-order valence-electron chi connectivity index (χ0n) is 16.5. The van der Waals surface area contributed by atoms with E-state index in [4.69, 9.17) is 0 Å². The molecule has 0 radical (unpaired) electrons. The number of halogens is 2. The lowest BCUT2D eigenvalue weighted by molar-refractivity contribution is 0.103. The van der Waals surface area contributed by atoms with Crippen LogP contribution in [0.3, 0.4) is 0 Å². The Morgan fingerprint density at radius 2 is 0.867 bits per heavy atom. The molecule has 0 N–H and O–H groups in total. The molecule has 4 aromatic rings. The molecular formula is C26H18F2O2. The van der Waals surface area contributed by atoms with Crippen LogP contribution < -0.4 is 0 Å². The van der Waals surface area contributed by atoms with Crippen molar-refractivity contribution in [1.82, 2.24) is 0 Å². The Morgan fingerprint density at radius 3 is 1.20 bits per heavy atom. The van der Waals surface area contributed by atoms with Gasteiger partial charge in [0.15, 0.2) is 11.6 Å². The van der Waals surface area contributed by atoms with Crippen molar-refractivity contribution in [3.05, 3.63) is 118 Å². The Hall–Kier alpha value is -3.66. The molecule has 0 atom stereocenters. The molecule has 2 nitrogen and oxygen atoms in total. The number of benzene rings is 4. The van der Waals surface area contributed by atoms with Crippen molar-refractivity contribution in [2.45, 2.75) is 13.8 Å². The number of ketones is 2. The van der Waals surface area contributed by atoms with E-state index in [1.165, 1.54) is 48.5 Å². The minimum Gasteiger partial charge on any atom is -0.289 e. The highest BCUT2D eigenvalue weighted by Gasteiger charge is 2.21. The molecule has 4 aromatic carbocycles. The molecule has 148 valence electrons. The van der Waals surface area contributed by atoms with E-state index < -0.39 is 11.6 Å². The van der Waals surface area contributed by atoms with Gasteiger partial charge in [-0.1, -0.05) is 24.3 Å². The Morgan fingerprint density at radius 1 is 0.533 bits per heavy atom. The molecule has 0 saturated heterocycles. The Kier molecular flexibility index (Phi) is 5.00. The van der Waals surface area contributed by atoms with E-state index in [0.717, 1.165) is 11.1 Å². The van der Waals surface area contributed by atoms with Crippen LogP contribution in [0.5, 0.6) is 0 Å². The fraction of sp³-hybridized carbons (Fsp3) is 0.0769. The quantitative estimate of drug-likeness (QED) is 0.382. The second kappa shape index (κ2) is 7.64. The molecule has 4 heteroatoms. The van der Waals surface area contributed by atoms with E-state index >= 15 is 0 Å². The third-order valence-corrected chi connectivity index (χ3v) is 5.28. The molecule has 0 aliphatic carbocycles. The van der Waals surface area contributed by atoms with E-state index in [1.54, 1.807) is 12.1 Å². The van der Waals surface area contributed by atoms with E-state index in [2.05, 4.69) is 0 Å². The predicted molar refractivity (Wildman–Crippen MR) is 113 cm³/mol. The summed E-state index contributed by atoms with van der Waals surface area (Å²) in [7, 11) is 0. The number of carbonyl (C=O) groups excluding carboxylic acids is 2. The zero-order chi connectivity index (χ0) is 21.4. The average molecular weight is 400 g/mol. The lowest BCUT2D eigenvalue weighted by atomic mass is 9.87. The Balaban J connectivity index is 1.92. The van der Waals surface area contributed by atoms with Gasteiger partial charge in [0, 0.05) is 22.3 Å². The van der Waals surface area contributed by atoms with Gasteiger partial charge in [0.1, 0.15) is 11.6 Å². The number of hydrogen-bond donors (Lipinski definition) is 0. The van der Waals surface area contributed by atoms with Crippen molar-refractivity contribution in [3.63, 3.8) is 0 Å². The maximum absolute atomic E-state index is 13.3. The van der Waals surface area contributed by atoms with Crippen molar-refractivity contribution < 1.29 is 18.4 Å². The van der Waals surface area contributed by atoms with Gasteiger partial charge in [-0.05, 0) is 84.3 Å². The fourth-order valence-corrected chi connectivity index (χ4v) is 3.72. The third kappa shape index (κ3) is 3.41. The molecule has 30 heavy (non-hydrogen) atoms. The van der Waals surface area contributed by atoms with Gasteiger partial charge in [0.25, 0.3) is 0 Å². The lowest BCUT2D eigenvalue weighted by Crippen LogP contribution is -2.09. The Bertz CT molecular complexity index is 1180. The van der Waals surface area contributed by atoms with Gasteiger partial charge < -0.3 is 0 Å². The van der Waals surface area contributed by atoms with E-state index in [0.29, 0.717) is 33.0 Å². The van der Waals surface area contributed by atoms with Crippen LogP contribution in [0.2, 0.25) is 0 Å². The minimum atomic E-state index is -0.413. The van der Waals surface area contributed by atoms with Crippen LogP contribution in [-0.2, 0) is 0 Å². The molecule has 4 rings (SSSR count). The highest BCUT2D eigenvalue weighted by molar-refractivity contribution is 6.22. The highest BCUT2D eigenvalue weighted by atomic mass is 19.1. The summed E-state index contributed by atoms with van der Waals surface area (Å²) >= 11 is 0. The van der Waals surface area contributed by atoms with E-state index in [1.807, 2.05) is 26.0 Å². The van der Waals surface area contributed by atoms with E-state index in [9.17, 15) is 18.4 Å². The number of aryl methyl sites for hydroxylation is 2. The molecule has 0 spiro atoms. The van der Waals surface area contributed by atoms with Gasteiger partial charge in [-0.2, -0.15) is 0 Å². The van der Waals surface area contributed by atoms with Gasteiger partial charge in [-0.3, -0.25) is 9.59 Å². The summed E-state index contributed by atoms with van der Waals surface area (Å²) in [6.07, 6.45) is 0. The molecule has 0 bridgehead atoms. The first kappa shape index (κ1) is 19.6. The topological polar surface area (TPSA) is 34.1 Å². The first-order valence-electron chi connectivity index (χ1n) is 9.50. The summed E-state index contributed by atoms with van der Waals surface area (Å²) in [5, 5.41) is 1.31. The number of fused-ring (bicyclic) bond motifs is 1. The number of rotatable bonds is 4. The molecule has 0 heterocycles. The molecule has 0 unspecified atom stereocenters. The summed E-state index contributed by atoms with van der Waals surface area (Å²) < 4.78 is 26.6. The van der Waals surface area contributed by atoms with Crippen LogP contribution in [0.1, 0.15) is 43.0 Å². The van der Waals surface area contributed by atoms with Crippen LogP contribution in [0.15, 0.2) is 72.8 Å². The van der Waals surface area contributed by atoms with Crippen LogP contribution in [0, 0.1) is 25.5 Å². The fourth-order valence-electron chi connectivity index (χ4n) is 3.72. The largest absolute Gasteiger partial charge is 0.289 e. The average Bonchev–Trinajstić information content (AvgIpc) is 2.74. The predicted octanol–water partition coefficient (Wildman–Crippen LogP) is 6.20. The third-order valence-electron chi connectivity index (χ3n) is 5.28. The molecule has 0 fully saturated rings. The maximum atomic E-state index is 13.3. The van der Waals surface area contributed by atoms with Crippen molar-refractivity contribution in [2.24, 2.45) is 0 Å². The molecule has 0 aliphatic rings. The van der Waals surface area contributed by atoms with Crippen LogP contribution in [0.25, 0.3) is 10.8 Å². The van der Waals surface area contributed by atoms with Gasteiger partial charge in [0.05, 0.1) is 0 Å². The summed E-state index contributed by atoms with van der Waals surface area (Å²) in [5.74, 6) is -1.29. The normalized spacial score (nSPS) is 10.9. The zero-order valence-corrected chi connectivity index (χ0v) is 16.5. The smallest absolute Gasteiger partial charge is 0.193 e. The lowest BCUT2D eigenvalue weighted by Gasteiger charge is -2.14. The standard InChI is InChI=1S/C26H18F2O2/c1-15-3-13-22-21(23(15)25(29)17-5-9-19(27)10-6-17)14-4-16(2)24(22)26(30)18-7-11-20(28)12-8-18/h3-14H,1-2H3. The summed E-state index contributed by atoms with van der Waals surface area (Å²) in [5.41, 5.74) is 3.24. The SMILES string of the molecule is Cc1ccc2c(C(=O)c3ccc(F)cc3)c(C)ccc2c1C(=O)c1ccc(F)cc1. The Labute approximate surface area is 172 Å². The molecule has 0 aromatic heterocycles. The number of carbonyl (C=O) groups is 2. The first-order chi connectivity index (χ1) is 14.4. The van der Waals surface area contributed by atoms with E-state index in [-0.39, 0.29) is 11.6 Å². The molecule has 0 amide bonds. The first-order valence-corrected chi connectivity index (χ1v) is 9.50. The summed E-state index contributed by atoms with van der Waals surface area (Å²) in [4.78, 5) is 26.4. The van der Waals surface area contributed by atoms with Crippen molar-refractivity contribution in [2.75, 3.05) is 0 Å². The summed E-state index contributed by atoms with van der Waals surface area (Å²) in [6.45, 7) is 3.66. The second-order valence-corrected chi connectivity index (χ2v) is 7.28. The highest BCUT2D eigenvalue weighted by Crippen LogP contribution is 2.31. The van der Waals surface area contributed by atoms with Gasteiger partial charge >= 0.3 is 0 Å². The second-order valence-electron chi connectivity index (χ2n) is 7.28. The van der Waals surface area contributed by atoms with Crippen molar-refractivity contribution in [3.8, 4) is 0 Å². The van der Waals surface area contributed by atoms with Gasteiger partial charge in [-0.25, -0.2) is 8.78 Å². The van der Waals surface area contributed by atoms with Gasteiger partial charge in [-0.15, -0.1) is 0 Å². The van der Waals surface area contributed by atoms with Crippen LogP contribution in [0.4, 0.5) is 8.78 Å². The van der Waals surface area contributed by atoms with Crippen molar-refractivity contribution in [1.29, 1.82) is 0 Å².